The number of halogens is 3. The third kappa shape index (κ3) is 3.34. The van der Waals surface area contributed by atoms with Gasteiger partial charge in [-0.3, -0.25) is 9.59 Å². The van der Waals surface area contributed by atoms with Gasteiger partial charge < -0.3 is 10.4 Å². The average molecular weight is 301 g/mol. The quantitative estimate of drug-likeness (QED) is 0.843. The van der Waals surface area contributed by atoms with E-state index in [2.05, 4.69) is 5.32 Å². The molecular weight excluding hydrogens is 287 g/mol. The van der Waals surface area contributed by atoms with Gasteiger partial charge in [-0.05, 0) is 37.8 Å². The highest BCUT2D eigenvalue weighted by atomic mass is 19.2. The van der Waals surface area contributed by atoms with Crippen molar-refractivity contribution in [3.63, 3.8) is 0 Å². The second-order valence-electron chi connectivity index (χ2n) is 5.08. The van der Waals surface area contributed by atoms with Gasteiger partial charge in [0.1, 0.15) is 0 Å². The fourth-order valence-electron chi connectivity index (χ4n) is 2.45. The standard InChI is InChI=1S/C14H14F3NO3/c15-10-6-5-9(11(16)12(10)17)13(19)18-8-3-1-7(2-4-8)14(20)21/h5-8H,1-4H2,(H,18,19)(H,20,21). The van der Waals surface area contributed by atoms with E-state index < -0.39 is 40.8 Å². The first-order valence-electron chi connectivity index (χ1n) is 6.57. The van der Waals surface area contributed by atoms with Gasteiger partial charge in [-0.1, -0.05) is 0 Å². The van der Waals surface area contributed by atoms with Crippen LogP contribution < -0.4 is 5.32 Å². The normalized spacial score (nSPS) is 21.9. The van der Waals surface area contributed by atoms with E-state index in [1.54, 1.807) is 0 Å². The second kappa shape index (κ2) is 6.15. The van der Waals surface area contributed by atoms with Gasteiger partial charge in [0.2, 0.25) is 0 Å². The third-order valence-corrected chi connectivity index (χ3v) is 3.69. The van der Waals surface area contributed by atoms with Crippen LogP contribution in [0.4, 0.5) is 13.2 Å². The lowest BCUT2D eigenvalue weighted by molar-refractivity contribution is -0.142. The molecule has 0 atom stereocenters. The van der Waals surface area contributed by atoms with Crippen LogP contribution in [0.1, 0.15) is 36.0 Å². The fourth-order valence-corrected chi connectivity index (χ4v) is 2.45. The number of benzene rings is 1. The van der Waals surface area contributed by atoms with Gasteiger partial charge in [-0.15, -0.1) is 0 Å². The summed E-state index contributed by atoms with van der Waals surface area (Å²) in [6.07, 6.45) is 1.74. The molecule has 0 radical (unpaired) electrons. The molecule has 0 heterocycles. The average Bonchev–Trinajstić information content (AvgIpc) is 2.45. The van der Waals surface area contributed by atoms with Gasteiger partial charge >= 0.3 is 5.97 Å². The van der Waals surface area contributed by atoms with Crippen LogP contribution in [0, 0.1) is 23.4 Å². The van der Waals surface area contributed by atoms with Crippen molar-refractivity contribution in [1.82, 2.24) is 5.32 Å². The van der Waals surface area contributed by atoms with Crippen LogP contribution in [0.5, 0.6) is 0 Å². The second-order valence-corrected chi connectivity index (χ2v) is 5.08. The Hall–Kier alpha value is -2.05. The molecule has 21 heavy (non-hydrogen) atoms. The number of hydrogen-bond acceptors (Lipinski definition) is 2. The highest BCUT2D eigenvalue weighted by Gasteiger charge is 2.28. The van der Waals surface area contributed by atoms with Crippen molar-refractivity contribution in [2.75, 3.05) is 0 Å². The van der Waals surface area contributed by atoms with Crippen LogP contribution >= 0.6 is 0 Å². The molecule has 0 spiro atoms. The van der Waals surface area contributed by atoms with Gasteiger partial charge in [0.05, 0.1) is 11.5 Å². The lowest BCUT2D eigenvalue weighted by Gasteiger charge is -2.26. The predicted octanol–water partition coefficient (Wildman–Crippen LogP) is 2.48. The van der Waals surface area contributed by atoms with Gasteiger partial charge in [0.15, 0.2) is 17.5 Å². The van der Waals surface area contributed by atoms with Crippen LogP contribution in [-0.4, -0.2) is 23.0 Å². The number of carboxylic acids is 1. The van der Waals surface area contributed by atoms with Crippen molar-refractivity contribution in [1.29, 1.82) is 0 Å². The number of carbonyl (C=O) groups excluding carboxylic acids is 1. The summed E-state index contributed by atoms with van der Waals surface area (Å²) in [6, 6.07) is 1.28. The Morgan fingerprint density at radius 3 is 2.24 bits per heavy atom. The Morgan fingerprint density at radius 2 is 1.67 bits per heavy atom. The van der Waals surface area contributed by atoms with Crippen LogP contribution in [0.3, 0.4) is 0 Å². The van der Waals surface area contributed by atoms with Crippen molar-refractivity contribution in [2.24, 2.45) is 5.92 Å². The first-order chi connectivity index (χ1) is 9.90. The van der Waals surface area contributed by atoms with Gasteiger partial charge in [0.25, 0.3) is 5.91 Å². The number of rotatable bonds is 3. The first kappa shape index (κ1) is 15.3. The molecule has 1 aliphatic carbocycles. The number of nitrogens with one attached hydrogen (secondary N) is 1. The molecule has 1 amide bonds. The summed E-state index contributed by atoms with van der Waals surface area (Å²) in [5.41, 5.74) is -0.561. The molecule has 2 rings (SSSR count). The maximum Gasteiger partial charge on any atom is 0.306 e. The summed E-state index contributed by atoms with van der Waals surface area (Å²) in [4.78, 5) is 22.7. The molecule has 7 heteroatoms. The molecular formula is C14H14F3NO3. The van der Waals surface area contributed by atoms with Crippen molar-refractivity contribution >= 4 is 11.9 Å². The monoisotopic (exact) mass is 301 g/mol. The molecule has 1 aromatic rings. The summed E-state index contributed by atoms with van der Waals surface area (Å²) in [6.45, 7) is 0. The van der Waals surface area contributed by atoms with Crippen LogP contribution in [0.15, 0.2) is 12.1 Å². The number of amides is 1. The van der Waals surface area contributed by atoms with E-state index in [4.69, 9.17) is 5.11 Å². The fraction of sp³-hybridized carbons (Fsp3) is 0.429. The first-order valence-corrected chi connectivity index (χ1v) is 6.57. The SMILES string of the molecule is O=C(NC1CCC(C(=O)O)CC1)c1ccc(F)c(F)c1F. The molecule has 1 aromatic carbocycles. The van der Waals surface area contributed by atoms with Gasteiger partial charge in [0, 0.05) is 6.04 Å². The molecule has 1 aliphatic rings. The number of carbonyl (C=O) groups is 2. The minimum absolute atomic E-state index is 0.291. The number of hydrogen-bond donors (Lipinski definition) is 2. The van der Waals surface area contributed by atoms with E-state index in [-0.39, 0.29) is 6.04 Å². The zero-order valence-corrected chi connectivity index (χ0v) is 11.0. The van der Waals surface area contributed by atoms with E-state index in [0.29, 0.717) is 31.7 Å². The zero-order chi connectivity index (χ0) is 15.6. The minimum Gasteiger partial charge on any atom is -0.481 e. The molecule has 2 N–H and O–H groups in total. The summed E-state index contributed by atoms with van der Waals surface area (Å²) in [7, 11) is 0. The van der Waals surface area contributed by atoms with Gasteiger partial charge in [-0.25, -0.2) is 13.2 Å². The highest BCUT2D eigenvalue weighted by Crippen LogP contribution is 2.25. The molecule has 0 unspecified atom stereocenters. The smallest absolute Gasteiger partial charge is 0.306 e. The minimum atomic E-state index is -1.68. The molecule has 114 valence electrons. The number of carboxylic acid groups (broad SMARTS) is 1. The highest BCUT2D eigenvalue weighted by molar-refractivity contribution is 5.94. The van der Waals surface area contributed by atoms with Crippen molar-refractivity contribution in [3.05, 3.63) is 35.1 Å². The summed E-state index contributed by atoms with van der Waals surface area (Å²) in [5, 5.41) is 11.4. The Bertz CT molecular complexity index is 569. The molecule has 1 saturated carbocycles. The van der Waals surface area contributed by atoms with Crippen molar-refractivity contribution in [3.8, 4) is 0 Å². The lowest BCUT2D eigenvalue weighted by Crippen LogP contribution is -2.39. The van der Waals surface area contributed by atoms with E-state index >= 15 is 0 Å². The Kier molecular flexibility index (Phi) is 4.50. The summed E-state index contributed by atoms with van der Waals surface area (Å²) >= 11 is 0. The molecule has 1 fully saturated rings. The van der Waals surface area contributed by atoms with E-state index in [1.165, 1.54) is 0 Å². The molecule has 0 aliphatic heterocycles. The largest absolute Gasteiger partial charge is 0.481 e. The molecule has 0 bridgehead atoms. The van der Waals surface area contributed by atoms with Crippen LogP contribution in [0.25, 0.3) is 0 Å². The summed E-state index contributed by atoms with van der Waals surface area (Å²) in [5.74, 6) is -6.69. The van der Waals surface area contributed by atoms with Crippen LogP contribution in [-0.2, 0) is 4.79 Å². The van der Waals surface area contributed by atoms with E-state index in [1.807, 2.05) is 0 Å². The van der Waals surface area contributed by atoms with Crippen molar-refractivity contribution < 1.29 is 27.9 Å². The summed E-state index contributed by atoms with van der Waals surface area (Å²) < 4.78 is 39.4. The Balaban J connectivity index is 2.00. The maximum absolute atomic E-state index is 13.5. The van der Waals surface area contributed by atoms with Crippen LogP contribution in [0.2, 0.25) is 0 Å². The Labute approximate surface area is 119 Å². The lowest BCUT2D eigenvalue weighted by atomic mass is 9.86. The predicted molar refractivity (Wildman–Crippen MR) is 67.2 cm³/mol. The topological polar surface area (TPSA) is 66.4 Å². The van der Waals surface area contributed by atoms with E-state index in [9.17, 15) is 22.8 Å². The molecule has 0 aromatic heterocycles. The van der Waals surface area contributed by atoms with Crippen molar-refractivity contribution in [2.45, 2.75) is 31.7 Å². The molecule has 4 nitrogen and oxygen atoms in total. The maximum atomic E-state index is 13.5. The molecule has 0 saturated heterocycles. The Morgan fingerprint density at radius 1 is 1.05 bits per heavy atom. The zero-order valence-electron chi connectivity index (χ0n) is 11.0. The third-order valence-electron chi connectivity index (χ3n) is 3.69. The van der Waals surface area contributed by atoms with Gasteiger partial charge in [-0.2, -0.15) is 0 Å². The number of aliphatic carboxylic acids is 1. The van der Waals surface area contributed by atoms with E-state index in [0.717, 1.165) is 6.07 Å².